The molecule has 1 saturated heterocycles. The molecule has 1 amide bonds. The summed E-state index contributed by atoms with van der Waals surface area (Å²) in [6, 6.07) is 7.60. The van der Waals surface area contributed by atoms with Crippen LogP contribution in [0.3, 0.4) is 0 Å². The molecular weight excluding hydrogens is 504 g/mol. The Morgan fingerprint density at radius 2 is 1.69 bits per heavy atom. The van der Waals surface area contributed by atoms with Crippen LogP contribution < -0.4 is 5.32 Å². The average molecular weight is 522 g/mol. The highest BCUT2D eigenvalue weighted by Crippen LogP contribution is 2.38. The van der Waals surface area contributed by atoms with Gasteiger partial charge in [0.2, 0.25) is 0 Å². The summed E-state index contributed by atoms with van der Waals surface area (Å²) in [6.45, 7) is 0.523. The maximum Gasteiger partial charge on any atom is 0.430 e. The molecule has 0 atom stereocenters. The fraction of sp³-hybridized carbons (Fsp3) is 0.364. The minimum atomic E-state index is -4.68. The van der Waals surface area contributed by atoms with Crippen LogP contribution in [0.1, 0.15) is 36.0 Å². The number of hydroxylamine groups is 2. The fourth-order valence-corrected chi connectivity index (χ4v) is 4.08. The van der Waals surface area contributed by atoms with E-state index >= 15 is 0 Å². The molecule has 0 radical (unpaired) electrons. The van der Waals surface area contributed by atoms with Gasteiger partial charge in [0.15, 0.2) is 0 Å². The van der Waals surface area contributed by atoms with Gasteiger partial charge in [-0.2, -0.15) is 26.3 Å². The Balaban J connectivity index is 1.29. The fourth-order valence-electron chi connectivity index (χ4n) is 3.86. The van der Waals surface area contributed by atoms with E-state index in [0.717, 1.165) is 18.2 Å². The van der Waals surface area contributed by atoms with Crippen LogP contribution in [0, 0.1) is 0 Å². The van der Waals surface area contributed by atoms with E-state index in [4.69, 9.17) is 21.3 Å². The molecule has 0 aliphatic carbocycles. The van der Waals surface area contributed by atoms with Crippen molar-refractivity contribution in [1.82, 2.24) is 5.06 Å². The van der Waals surface area contributed by atoms with Crippen molar-refractivity contribution in [2.45, 2.75) is 37.2 Å². The first-order chi connectivity index (χ1) is 16.3. The van der Waals surface area contributed by atoms with Crippen LogP contribution in [0.4, 0.5) is 36.8 Å². The molecule has 0 saturated carbocycles. The number of carbonyl (C=O) groups excluding carboxylic acids is 1. The van der Waals surface area contributed by atoms with Crippen LogP contribution in [0.15, 0.2) is 47.6 Å². The van der Waals surface area contributed by atoms with E-state index in [-0.39, 0.29) is 18.8 Å². The second kappa shape index (κ2) is 9.23. The lowest BCUT2D eigenvalue weighted by molar-refractivity contribution is -0.154. The Labute approximate surface area is 200 Å². The van der Waals surface area contributed by atoms with Crippen LogP contribution in [-0.4, -0.2) is 35.6 Å². The molecule has 1 fully saturated rings. The van der Waals surface area contributed by atoms with Crippen molar-refractivity contribution in [1.29, 1.82) is 0 Å². The molecule has 0 aromatic heterocycles. The molecule has 1 N–H and O–H groups in total. The number of piperidine rings is 1. The predicted octanol–water partition coefficient (Wildman–Crippen LogP) is 6.50. The van der Waals surface area contributed by atoms with Gasteiger partial charge in [0.1, 0.15) is 5.60 Å². The number of nitrogens with zero attached hydrogens (tertiary/aromatic N) is 2. The van der Waals surface area contributed by atoms with Crippen LogP contribution in [0.2, 0.25) is 5.02 Å². The molecule has 0 unspecified atom stereocenters. The number of carbonyl (C=O) groups is 1. The van der Waals surface area contributed by atoms with Crippen molar-refractivity contribution in [3.63, 3.8) is 0 Å². The van der Waals surface area contributed by atoms with Gasteiger partial charge in [-0.15, -0.1) is 5.06 Å². The minimum absolute atomic E-state index is 0.131. The summed E-state index contributed by atoms with van der Waals surface area (Å²) in [5, 5.41) is 7.14. The summed E-state index contributed by atoms with van der Waals surface area (Å²) in [7, 11) is 0. The lowest BCUT2D eigenvalue weighted by atomic mass is 9.86. The van der Waals surface area contributed by atoms with Crippen molar-refractivity contribution in [3.05, 3.63) is 64.2 Å². The van der Waals surface area contributed by atoms with Crippen LogP contribution in [-0.2, 0) is 22.0 Å². The number of benzene rings is 2. The van der Waals surface area contributed by atoms with Crippen molar-refractivity contribution >= 4 is 29.1 Å². The quantitative estimate of drug-likeness (QED) is 0.468. The minimum Gasteiger partial charge on any atom is -0.388 e. The van der Waals surface area contributed by atoms with Gasteiger partial charge in [-0.3, -0.25) is 5.32 Å². The Morgan fingerprint density at radius 1 is 1.03 bits per heavy atom. The monoisotopic (exact) mass is 521 g/mol. The van der Waals surface area contributed by atoms with E-state index in [1.165, 1.54) is 23.3 Å². The Morgan fingerprint density at radius 3 is 2.29 bits per heavy atom. The highest BCUT2D eigenvalue weighted by molar-refractivity contribution is 6.31. The summed E-state index contributed by atoms with van der Waals surface area (Å²) in [6.07, 6.45) is -8.88. The van der Waals surface area contributed by atoms with Gasteiger partial charge in [-0.25, -0.2) is 4.79 Å². The Bertz CT molecular complexity index is 1130. The first kappa shape index (κ1) is 25.1. The van der Waals surface area contributed by atoms with Crippen LogP contribution in [0.5, 0.6) is 0 Å². The zero-order valence-corrected chi connectivity index (χ0v) is 18.6. The van der Waals surface area contributed by atoms with Crippen molar-refractivity contribution < 1.29 is 40.8 Å². The largest absolute Gasteiger partial charge is 0.430 e. The third-order valence-electron chi connectivity index (χ3n) is 5.75. The molecule has 0 bridgehead atoms. The zero-order valence-electron chi connectivity index (χ0n) is 17.8. The van der Waals surface area contributed by atoms with Gasteiger partial charge >= 0.3 is 18.4 Å². The summed E-state index contributed by atoms with van der Waals surface area (Å²) < 4.78 is 77.2. The number of alkyl halides is 6. The van der Waals surface area contributed by atoms with E-state index in [2.05, 4.69) is 10.5 Å². The Kier molecular flexibility index (Phi) is 6.62. The lowest BCUT2D eigenvalue weighted by Crippen LogP contribution is -2.45. The van der Waals surface area contributed by atoms with E-state index in [0.29, 0.717) is 36.6 Å². The molecule has 2 aliphatic heterocycles. The smallest absolute Gasteiger partial charge is 0.388 e. The number of rotatable bonds is 3. The number of nitrogens with one attached hydrogen (secondary N) is 1. The predicted molar refractivity (Wildman–Crippen MR) is 114 cm³/mol. The van der Waals surface area contributed by atoms with Gasteiger partial charge in [0.25, 0.3) is 0 Å². The lowest BCUT2D eigenvalue weighted by Gasteiger charge is -2.35. The number of halogens is 7. The summed E-state index contributed by atoms with van der Waals surface area (Å²) >= 11 is 5.57. The number of hydrogen-bond acceptors (Lipinski definition) is 5. The summed E-state index contributed by atoms with van der Waals surface area (Å²) in [5.74, 6) is 0. The molecular formula is C22H18ClF6N3O3. The first-order valence-corrected chi connectivity index (χ1v) is 10.8. The van der Waals surface area contributed by atoms with Crippen LogP contribution >= 0.6 is 11.6 Å². The third kappa shape index (κ3) is 5.81. The molecule has 2 aromatic rings. The molecule has 1 spiro atoms. The van der Waals surface area contributed by atoms with Gasteiger partial charge in [0, 0.05) is 38.0 Å². The molecule has 4 rings (SSSR count). The van der Waals surface area contributed by atoms with Crippen molar-refractivity contribution in [2.75, 3.05) is 18.4 Å². The maximum atomic E-state index is 13.0. The van der Waals surface area contributed by atoms with Crippen molar-refractivity contribution in [2.24, 2.45) is 5.16 Å². The standard InChI is InChI=1S/C22H18ClF6N3O3/c23-17-6-5-15(11-16(17)22(27,28)29)30-19(33)34-32-9-7-20(8-10-32)12-18(31-35-20)13-1-3-14(4-2-13)21(24,25)26/h1-6,11H,7-10,12H2,(H,30,33). The normalized spacial score (nSPS) is 18.2. The molecule has 188 valence electrons. The van der Waals surface area contributed by atoms with Gasteiger partial charge in [-0.05, 0) is 35.9 Å². The molecule has 2 heterocycles. The second-order valence-corrected chi connectivity index (χ2v) is 8.60. The van der Waals surface area contributed by atoms with E-state index in [9.17, 15) is 31.1 Å². The molecule has 6 nitrogen and oxygen atoms in total. The Hall–Kier alpha value is -2.99. The topological polar surface area (TPSA) is 63.2 Å². The summed E-state index contributed by atoms with van der Waals surface area (Å²) in [5.41, 5.74) is -1.60. The SMILES string of the molecule is O=C(Nc1ccc(Cl)c(C(F)(F)F)c1)ON1CCC2(CC1)CC(c1ccc(C(F)(F)F)cc1)=NO2. The van der Waals surface area contributed by atoms with Gasteiger partial charge in [-0.1, -0.05) is 28.9 Å². The van der Waals surface area contributed by atoms with E-state index in [1.807, 2.05) is 0 Å². The molecule has 13 heteroatoms. The second-order valence-electron chi connectivity index (χ2n) is 8.19. The molecule has 2 aromatic carbocycles. The van der Waals surface area contributed by atoms with Crippen LogP contribution in [0.25, 0.3) is 0 Å². The van der Waals surface area contributed by atoms with Crippen molar-refractivity contribution in [3.8, 4) is 0 Å². The molecule has 35 heavy (non-hydrogen) atoms. The number of hydrogen-bond donors (Lipinski definition) is 1. The average Bonchev–Trinajstić information content (AvgIpc) is 3.19. The van der Waals surface area contributed by atoms with E-state index in [1.54, 1.807) is 0 Å². The number of anilines is 1. The summed E-state index contributed by atoms with van der Waals surface area (Å²) in [4.78, 5) is 22.9. The highest BCUT2D eigenvalue weighted by Gasteiger charge is 2.43. The highest BCUT2D eigenvalue weighted by atomic mass is 35.5. The van der Waals surface area contributed by atoms with E-state index < -0.39 is 40.2 Å². The zero-order chi connectivity index (χ0) is 25.4. The number of oxime groups is 1. The maximum absolute atomic E-state index is 13.0. The third-order valence-corrected chi connectivity index (χ3v) is 6.08. The van der Waals surface area contributed by atoms with Gasteiger partial charge in [0.05, 0.1) is 21.9 Å². The first-order valence-electron chi connectivity index (χ1n) is 10.4. The van der Waals surface area contributed by atoms with Gasteiger partial charge < -0.3 is 9.68 Å². The number of amides is 1. The molecule has 2 aliphatic rings.